The van der Waals surface area contributed by atoms with Gasteiger partial charge in [-0.25, -0.2) is 13.2 Å². The lowest BCUT2D eigenvalue weighted by Crippen LogP contribution is -2.11. The summed E-state index contributed by atoms with van der Waals surface area (Å²) in [6.07, 6.45) is 1.30. The van der Waals surface area contributed by atoms with Gasteiger partial charge in [0.05, 0.1) is 0 Å². The van der Waals surface area contributed by atoms with Crippen LogP contribution in [0, 0.1) is 0 Å². The normalized spacial score (nSPS) is 12.1. The number of hydrogen-bond donors (Lipinski definition) is 0. The Kier molecular flexibility index (Phi) is 5.06. The number of benzene rings is 2. The minimum absolute atomic E-state index is 0.299. The molecule has 3 rings (SSSR count). The van der Waals surface area contributed by atoms with E-state index in [1.54, 1.807) is 30.3 Å². The average Bonchev–Trinajstić information content (AvgIpc) is 2.53. The fourth-order valence-corrected chi connectivity index (χ4v) is 4.03. The van der Waals surface area contributed by atoms with E-state index in [0.29, 0.717) is 26.6 Å². The zero-order valence-corrected chi connectivity index (χ0v) is 16.3. The summed E-state index contributed by atoms with van der Waals surface area (Å²) in [5, 5.41) is 2.14. The van der Waals surface area contributed by atoms with E-state index in [4.69, 9.17) is 27.6 Å². The van der Waals surface area contributed by atoms with Gasteiger partial charge in [-0.15, -0.1) is 0 Å². The molecule has 128 valence electrons. The fraction of sp³-hybridized carbons (Fsp3) is 0. The second kappa shape index (κ2) is 6.96. The van der Waals surface area contributed by atoms with Crippen LogP contribution in [-0.4, -0.2) is 8.42 Å². The monoisotopic (exact) mass is 458 g/mol. The van der Waals surface area contributed by atoms with Crippen molar-refractivity contribution in [1.82, 2.24) is 0 Å². The molecule has 25 heavy (non-hydrogen) atoms. The van der Waals surface area contributed by atoms with E-state index < -0.39 is 20.4 Å². The molecule has 0 saturated carbocycles. The molecule has 8 heteroatoms. The van der Waals surface area contributed by atoms with E-state index in [9.17, 15) is 13.2 Å². The molecule has 2 aromatic carbocycles. The van der Waals surface area contributed by atoms with Gasteiger partial charge in [0.2, 0.25) is 9.84 Å². The summed E-state index contributed by atoms with van der Waals surface area (Å²) in [7, 11) is -4.01. The maximum Gasteiger partial charge on any atom is 0.355 e. The van der Waals surface area contributed by atoms with Gasteiger partial charge >= 0.3 is 5.63 Å². The lowest BCUT2D eigenvalue weighted by atomic mass is 10.2. The van der Waals surface area contributed by atoms with Crippen molar-refractivity contribution in [2.24, 2.45) is 0 Å². The van der Waals surface area contributed by atoms with Crippen molar-refractivity contribution in [3.63, 3.8) is 0 Å². The van der Waals surface area contributed by atoms with Gasteiger partial charge in [0.15, 0.2) is 4.90 Å². The van der Waals surface area contributed by atoms with Crippen LogP contribution in [-0.2, 0) is 9.84 Å². The van der Waals surface area contributed by atoms with Gasteiger partial charge < -0.3 is 4.42 Å². The van der Waals surface area contributed by atoms with E-state index in [-0.39, 0.29) is 0 Å². The summed E-state index contributed by atoms with van der Waals surface area (Å²) in [6, 6.07) is 10.9. The number of halogens is 3. The lowest BCUT2D eigenvalue weighted by molar-refractivity contribution is 0.534. The van der Waals surface area contributed by atoms with Crippen LogP contribution >= 0.6 is 39.1 Å². The van der Waals surface area contributed by atoms with Crippen LogP contribution in [0.25, 0.3) is 17.0 Å². The molecule has 0 bridgehead atoms. The summed E-state index contributed by atoms with van der Waals surface area (Å²) < 4.78 is 30.8. The first kappa shape index (κ1) is 18.2. The Labute approximate surface area is 161 Å². The van der Waals surface area contributed by atoms with Crippen LogP contribution < -0.4 is 5.63 Å². The molecule has 0 atom stereocenters. The lowest BCUT2D eigenvalue weighted by Gasteiger charge is -2.02. The molecule has 0 amide bonds. The first-order chi connectivity index (χ1) is 11.8. The number of rotatable bonds is 3. The van der Waals surface area contributed by atoms with Crippen molar-refractivity contribution in [2.45, 2.75) is 4.90 Å². The third-order valence-corrected chi connectivity index (χ3v) is 5.81. The zero-order chi connectivity index (χ0) is 18.2. The van der Waals surface area contributed by atoms with Crippen LogP contribution in [0.1, 0.15) is 5.56 Å². The Hall–Kier alpha value is -1.60. The second-order valence-electron chi connectivity index (χ2n) is 5.09. The largest absolute Gasteiger partial charge is 0.422 e. The second-order valence-corrected chi connectivity index (χ2v) is 8.66. The minimum atomic E-state index is -4.01. The highest BCUT2D eigenvalue weighted by molar-refractivity contribution is 9.10. The van der Waals surface area contributed by atoms with Crippen LogP contribution in [0.15, 0.2) is 66.5 Å². The Bertz CT molecular complexity index is 1170. The van der Waals surface area contributed by atoms with Gasteiger partial charge in [-0.1, -0.05) is 45.2 Å². The molecular weight excluding hydrogens is 451 g/mol. The van der Waals surface area contributed by atoms with E-state index in [0.717, 1.165) is 9.88 Å². The highest BCUT2D eigenvalue weighted by Crippen LogP contribution is 2.24. The van der Waals surface area contributed by atoms with Gasteiger partial charge in [-0.05, 0) is 48.0 Å². The number of fused-ring (bicyclic) bond motifs is 1. The van der Waals surface area contributed by atoms with Crippen LogP contribution in [0.5, 0.6) is 0 Å². The quantitative estimate of drug-likeness (QED) is 0.498. The van der Waals surface area contributed by atoms with E-state index >= 15 is 0 Å². The SMILES string of the molecule is O=c1oc2ccc(Br)cc2cc1S(=O)(=O)/C=C\c1ccc(Cl)cc1Cl. The Morgan fingerprint density at radius 1 is 1.04 bits per heavy atom. The highest BCUT2D eigenvalue weighted by Gasteiger charge is 2.18. The molecule has 1 aromatic heterocycles. The van der Waals surface area contributed by atoms with Gasteiger partial charge in [0.1, 0.15) is 5.58 Å². The van der Waals surface area contributed by atoms with Crippen LogP contribution in [0.2, 0.25) is 10.0 Å². The number of sulfone groups is 1. The van der Waals surface area contributed by atoms with E-state index in [1.807, 2.05) is 0 Å². The minimum Gasteiger partial charge on any atom is -0.422 e. The molecule has 1 heterocycles. The molecule has 0 aliphatic rings. The van der Waals surface area contributed by atoms with Gasteiger partial charge in [0.25, 0.3) is 0 Å². The van der Waals surface area contributed by atoms with E-state index in [1.165, 1.54) is 18.2 Å². The standard InChI is InChI=1S/C17H9BrCl2O4S/c18-12-2-4-15-11(7-12)8-16(17(21)24-15)25(22,23)6-5-10-1-3-13(19)9-14(10)20/h1-9H/b6-5-. The fourth-order valence-electron chi connectivity index (χ4n) is 2.15. The molecule has 3 aromatic rings. The average molecular weight is 460 g/mol. The topological polar surface area (TPSA) is 64.3 Å². The van der Waals surface area contributed by atoms with Crippen molar-refractivity contribution >= 4 is 66.0 Å². The molecule has 0 aliphatic heterocycles. The summed E-state index contributed by atoms with van der Waals surface area (Å²) in [5.41, 5.74) is -0.166. The van der Waals surface area contributed by atoms with Crippen molar-refractivity contribution in [1.29, 1.82) is 0 Å². The van der Waals surface area contributed by atoms with Crippen LogP contribution in [0.4, 0.5) is 0 Å². The first-order valence-corrected chi connectivity index (χ1v) is 9.97. The van der Waals surface area contributed by atoms with Crippen molar-refractivity contribution in [3.8, 4) is 0 Å². The molecule has 0 spiro atoms. The molecule has 0 fully saturated rings. The summed E-state index contributed by atoms with van der Waals surface area (Å²) in [5.74, 6) is 0. The summed E-state index contributed by atoms with van der Waals surface area (Å²) in [4.78, 5) is 11.6. The molecule has 4 nitrogen and oxygen atoms in total. The third kappa shape index (κ3) is 3.98. The van der Waals surface area contributed by atoms with Crippen molar-refractivity contribution in [3.05, 3.63) is 78.4 Å². The Balaban J connectivity index is 2.07. The van der Waals surface area contributed by atoms with Gasteiger partial charge in [0, 0.05) is 25.3 Å². The molecule has 0 unspecified atom stereocenters. The first-order valence-electron chi connectivity index (χ1n) is 6.88. The Morgan fingerprint density at radius 3 is 2.52 bits per heavy atom. The van der Waals surface area contributed by atoms with Crippen molar-refractivity contribution in [2.75, 3.05) is 0 Å². The summed E-state index contributed by atoms with van der Waals surface area (Å²) in [6.45, 7) is 0. The zero-order valence-electron chi connectivity index (χ0n) is 12.4. The molecule has 0 aliphatic carbocycles. The van der Waals surface area contributed by atoms with Gasteiger partial charge in [-0.2, -0.15) is 0 Å². The molecular formula is C17H9BrCl2O4S. The Morgan fingerprint density at radius 2 is 1.80 bits per heavy atom. The smallest absolute Gasteiger partial charge is 0.355 e. The highest BCUT2D eigenvalue weighted by atomic mass is 79.9. The maximum absolute atomic E-state index is 12.5. The van der Waals surface area contributed by atoms with Crippen molar-refractivity contribution < 1.29 is 12.8 Å². The van der Waals surface area contributed by atoms with E-state index in [2.05, 4.69) is 15.9 Å². The summed E-state index contributed by atoms with van der Waals surface area (Å²) >= 11 is 15.1. The number of hydrogen-bond acceptors (Lipinski definition) is 4. The van der Waals surface area contributed by atoms with Gasteiger partial charge in [-0.3, -0.25) is 0 Å². The third-order valence-electron chi connectivity index (χ3n) is 3.36. The maximum atomic E-state index is 12.5. The predicted molar refractivity (Wildman–Crippen MR) is 103 cm³/mol. The molecule has 0 radical (unpaired) electrons. The van der Waals surface area contributed by atoms with Crippen LogP contribution in [0.3, 0.4) is 0 Å². The molecule has 0 saturated heterocycles. The predicted octanol–water partition coefficient (Wildman–Crippen LogP) is 5.31. The molecule has 0 N–H and O–H groups in total.